The van der Waals surface area contributed by atoms with Crippen molar-refractivity contribution >= 4 is 17.6 Å². The number of benzene rings is 3. The highest BCUT2D eigenvalue weighted by atomic mass is 19.4. The predicted octanol–water partition coefficient (Wildman–Crippen LogP) is 7.07. The Morgan fingerprint density at radius 3 is 2.33 bits per heavy atom. The van der Waals surface area contributed by atoms with Gasteiger partial charge in [-0.2, -0.15) is 18.3 Å². The number of amides is 1. The quantitative estimate of drug-likeness (QED) is 0.171. The molecule has 0 bridgehead atoms. The molecule has 4 rings (SSSR count). The van der Waals surface area contributed by atoms with E-state index in [1.807, 2.05) is 43.3 Å². The van der Waals surface area contributed by atoms with Gasteiger partial charge in [-0.25, -0.2) is 4.68 Å². The van der Waals surface area contributed by atoms with Crippen LogP contribution in [0.25, 0.3) is 11.3 Å². The summed E-state index contributed by atoms with van der Waals surface area (Å²) in [4.78, 5) is 37.8. The van der Waals surface area contributed by atoms with Crippen LogP contribution in [0.2, 0.25) is 0 Å². The molecule has 0 saturated heterocycles. The number of esters is 1. The highest BCUT2D eigenvalue weighted by molar-refractivity contribution is 5.96. The Morgan fingerprint density at radius 2 is 1.67 bits per heavy atom. The number of anilines is 1. The summed E-state index contributed by atoms with van der Waals surface area (Å²) in [6.07, 6.45) is -4.79. The number of methoxy groups -OCH3 is 1. The van der Waals surface area contributed by atoms with Gasteiger partial charge in [0.15, 0.2) is 0 Å². The maximum atomic E-state index is 13.7. The van der Waals surface area contributed by atoms with E-state index < -0.39 is 30.3 Å². The molecule has 1 N–H and O–H groups in total. The largest absolute Gasteiger partial charge is 0.469 e. The standard InChI is InChI=1S/C35H36F3N3O4/c1-23(21-35(36,37)38)20-29(34(44)39-30-11-7-10-26(24(30)2)16-19-33(43)45-3)27-14-12-25(13-15-27)22-41-32(42)18-17-31(40-41)28-8-5-4-6-9-28/h4-15,17-18,23,29H,16,19-22H2,1-3H3,(H,39,44). The monoisotopic (exact) mass is 619 g/mol. The highest BCUT2D eigenvalue weighted by Gasteiger charge is 2.33. The first-order valence-corrected chi connectivity index (χ1v) is 14.7. The van der Waals surface area contributed by atoms with Crippen molar-refractivity contribution in [1.29, 1.82) is 0 Å². The van der Waals surface area contributed by atoms with Crippen LogP contribution >= 0.6 is 0 Å². The fourth-order valence-corrected chi connectivity index (χ4v) is 5.28. The number of aryl methyl sites for hydroxylation is 1. The molecule has 0 aliphatic carbocycles. The average Bonchev–Trinajstić information content (AvgIpc) is 3.01. The van der Waals surface area contributed by atoms with Crippen molar-refractivity contribution < 1.29 is 27.5 Å². The Hall–Kier alpha value is -4.73. The van der Waals surface area contributed by atoms with Crippen LogP contribution in [0.5, 0.6) is 0 Å². The predicted molar refractivity (Wildman–Crippen MR) is 167 cm³/mol. The first-order chi connectivity index (χ1) is 21.4. The number of carbonyl (C=O) groups is 2. The van der Waals surface area contributed by atoms with E-state index in [4.69, 9.17) is 4.74 Å². The van der Waals surface area contributed by atoms with E-state index in [0.717, 1.165) is 22.3 Å². The molecule has 1 amide bonds. The average molecular weight is 620 g/mol. The van der Waals surface area contributed by atoms with E-state index in [1.54, 1.807) is 42.5 Å². The van der Waals surface area contributed by atoms with Crippen molar-refractivity contribution in [3.63, 3.8) is 0 Å². The Morgan fingerprint density at radius 1 is 0.956 bits per heavy atom. The SMILES string of the molecule is COC(=O)CCc1cccc(NC(=O)C(CC(C)CC(F)(F)F)c2ccc(Cn3nc(-c4ccccc4)ccc3=O)cc2)c1C. The van der Waals surface area contributed by atoms with E-state index in [-0.39, 0.29) is 30.9 Å². The number of halogens is 3. The van der Waals surface area contributed by atoms with Crippen molar-refractivity contribution in [2.75, 3.05) is 12.4 Å². The molecule has 236 valence electrons. The van der Waals surface area contributed by atoms with Crippen molar-refractivity contribution in [1.82, 2.24) is 9.78 Å². The van der Waals surface area contributed by atoms with Crippen LogP contribution in [-0.4, -0.2) is 34.9 Å². The van der Waals surface area contributed by atoms with Gasteiger partial charge in [-0.15, -0.1) is 0 Å². The van der Waals surface area contributed by atoms with Gasteiger partial charge in [-0.3, -0.25) is 14.4 Å². The third kappa shape index (κ3) is 9.38. The molecule has 2 atom stereocenters. The number of alkyl halides is 3. The minimum Gasteiger partial charge on any atom is -0.469 e. The molecule has 7 nitrogen and oxygen atoms in total. The van der Waals surface area contributed by atoms with Crippen molar-refractivity contribution in [3.05, 3.63) is 118 Å². The topological polar surface area (TPSA) is 90.3 Å². The number of carbonyl (C=O) groups excluding carboxylic acids is 2. The number of nitrogens with zero attached hydrogens (tertiary/aromatic N) is 2. The summed E-state index contributed by atoms with van der Waals surface area (Å²) in [6, 6.07) is 24.9. The molecule has 0 aliphatic heterocycles. The summed E-state index contributed by atoms with van der Waals surface area (Å²) in [5.74, 6) is -2.46. The molecule has 2 unspecified atom stereocenters. The zero-order chi connectivity index (χ0) is 32.6. The summed E-state index contributed by atoms with van der Waals surface area (Å²) in [6.45, 7) is 3.48. The molecular weight excluding hydrogens is 583 g/mol. The molecule has 45 heavy (non-hydrogen) atoms. The smallest absolute Gasteiger partial charge is 0.389 e. The number of rotatable bonds is 12. The molecule has 4 aromatic rings. The highest BCUT2D eigenvalue weighted by Crippen LogP contribution is 2.33. The zero-order valence-electron chi connectivity index (χ0n) is 25.4. The van der Waals surface area contributed by atoms with Gasteiger partial charge in [0.1, 0.15) is 0 Å². The first-order valence-electron chi connectivity index (χ1n) is 14.7. The second-order valence-corrected chi connectivity index (χ2v) is 11.2. The lowest BCUT2D eigenvalue weighted by molar-refractivity contribution is -0.144. The Balaban J connectivity index is 1.56. The Bertz CT molecular complexity index is 1670. The molecule has 10 heteroatoms. The van der Waals surface area contributed by atoms with Gasteiger partial charge in [0.2, 0.25) is 5.91 Å². The molecule has 3 aromatic carbocycles. The maximum absolute atomic E-state index is 13.7. The van der Waals surface area contributed by atoms with Crippen LogP contribution in [0.1, 0.15) is 54.4 Å². The minimum absolute atomic E-state index is 0.0219. The van der Waals surface area contributed by atoms with E-state index >= 15 is 0 Å². The lowest BCUT2D eigenvalue weighted by atomic mass is 9.86. The maximum Gasteiger partial charge on any atom is 0.389 e. The number of hydrogen-bond donors (Lipinski definition) is 1. The molecular formula is C35H36F3N3O4. The van der Waals surface area contributed by atoms with Gasteiger partial charge in [-0.05, 0) is 60.1 Å². The third-order valence-corrected chi connectivity index (χ3v) is 7.72. The number of nitrogens with one attached hydrogen (secondary N) is 1. The lowest BCUT2D eigenvalue weighted by Crippen LogP contribution is -2.25. The third-order valence-electron chi connectivity index (χ3n) is 7.72. The van der Waals surface area contributed by atoms with Crippen LogP contribution in [0, 0.1) is 12.8 Å². The minimum atomic E-state index is -4.36. The molecule has 1 aromatic heterocycles. The molecule has 0 aliphatic rings. The molecule has 0 spiro atoms. The normalized spacial score (nSPS) is 12.8. The summed E-state index contributed by atoms with van der Waals surface area (Å²) in [5, 5.41) is 7.41. The molecule has 0 fully saturated rings. The van der Waals surface area contributed by atoms with Crippen LogP contribution in [0.3, 0.4) is 0 Å². The van der Waals surface area contributed by atoms with Crippen LogP contribution in [0.4, 0.5) is 18.9 Å². The van der Waals surface area contributed by atoms with Gasteiger partial charge in [0.05, 0.1) is 25.3 Å². The van der Waals surface area contributed by atoms with Gasteiger partial charge < -0.3 is 10.1 Å². The van der Waals surface area contributed by atoms with E-state index in [2.05, 4.69) is 10.4 Å². The molecule has 1 heterocycles. The van der Waals surface area contributed by atoms with Gasteiger partial charge >= 0.3 is 12.1 Å². The van der Waals surface area contributed by atoms with Gasteiger partial charge in [0.25, 0.3) is 5.56 Å². The number of ether oxygens (including phenoxy) is 1. The summed E-state index contributed by atoms with van der Waals surface area (Å²) in [7, 11) is 1.32. The second-order valence-electron chi connectivity index (χ2n) is 11.2. The molecule has 0 radical (unpaired) electrons. The Kier molecular flexibility index (Phi) is 10.9. The first kappa shape index (κ1) is 33.2. The van der Waals surface area contributed by atoms with E-state index in [0.29, 0.717) is 23.4 Å². The summed E-state index contributed by atoms with van der Waals surface area (Å²) in [5.41, 5.74) is 4.68. The molecule has 0 saturated carbocycles. The summed E-state index contributed by atoms with van der Waals surface area (Å²) >= 11 is 0. The number of hydrogen-bond acceptors (Lipinski definition) is 5. The van der Waals surface area contributed by atoms with E-state index in [1.165, 1.54) is 24.8 Å². The zero-order valence-corrected chi connectivity index (χ0v) is 25.4. The van der Waals surface area contributed by atoms with E-state index in [9.17, 15) is 27.6 Å². The second kappa shape index (κ2) is 14.8. The van der Waals surface area contributed by atoms with Crippen LogP contribution in [0.15, 0.2) is 89.7 Å². The van der Waals surface area contributed by atoms with Crippen molar-refractivity contribution in [3.8, 4) is 11.3 Å². The number of aromatic nitrogens is 2. The summed E-state index contributed by atoms with van der Waals surface area (Å²) < 4.78 is 45.7. The lowest BCUT2D eigenvalue weighted by Gasteiger charge is -2.23. The van der Waals surface area contributed by atoms with Crippen LogP contribution in [-0.2, 0) is 27.3 Å². The Labute approximate surface area is 260 Å². The van der Waals surface area contributed by atoms with Gasteiger partial charge in [0, 0.05) is 30.2 Å². The van der Waals surface area contributed by atoms with Crippen LogP contribution < -0.4 is 10.9 Å². The van der Waals surface area contributed by atoms with Gasteiger partial charge in [-0.1, -0.05) is 73.7 Å². The fourth-order valence-electron chi connectivity index (χ4n) is 5.28. The van der Waals surface area contributed by atoms with Crippen molar-refractivity contribution in [2.24, 2.45) is 5.92 Å². The fraction of sp³-hybridized carbons (Fsp3) is 0.314. The van der Waals surface area contributed by atoms with Crippen molar-refractivity contribution in [2.45, 2.75) is 58.2 Å².